The molecule has 27 heavy (non-hydrogen) atoms. The van der Waals surface area contributed by atoms with Gasteiger partial charge in [0.1, 0.15) is 0 Å². The van der Waals surface area contributed by atoms with E-state index in [1.165, 1.54) is 5.56 Å². The highest BCUT2D eigenvalue weighted by Gasteiger charge is 2.30. The van der Waals surface area contributed by atoms with Gasteiger partial charge in [0.05, 0.1) is 18.6 Å². The zero-order chi connectivity index (χ0) is 19.1. The lowest BCUT2D eigenvalue weighted by Crippen LogP contribution is -2.39. The number of carbonyl (C=O) groups is 2. The van der Waals surface area contributed by atoms with Gasteiger partial charge in [-0.1, -0.05) is 48.5 Å². The van der Waals surface area contributed by atoms with Crippen LogP contribution in [0, 0.1) is 6.54 Å². The molecule has 1 atom stereocenters. The fourth-order valence-electron chi connectivity index (χ4n) is 3.33. The number of nitrogens with zero attached hydrogens (tertiary/aromatic N) is 1. The van der Waals surface area contributed by atoms with Gasteiger partial charge in [0.25, 0.3) is 0 Å². The molecule has 1 amide bonds. The number of benzene rings is 2. The predicted molar refractivity (Wildman–Crippen MR) is 101 cm³/mol. The minimum atomic E-state index is -1.18. The molecule has 1 fully saturated rings. The largest absolute Gasteiger partial charge is 0.549 e. The summed E-state index contributed by atoms with van der Waals surface area (Å²) in [5.74, 6) is -1.22. The van der Waals surface area contributed by atoms with Crippen molar-refractivity contribution in [3.63, 3.8) is 0 Å². The van der Waals surface area contributed by atoms with Crippen LogP contribution in [0.15, 0.2) is 54.6 Å². The molecule has 6 nitrogen and oxygen atoms in total. The fraction of sp³-hybridized carbons (Fsp3) is 0.286. The predicted octanol–water partition coefficient (Wildman–Crippen LogP) is 1.14. The van der Waals surface area contributed by atoms with Gasteiger partial charge in [-0.3, -0.25) is 9.69 Å². The highest BCUT2D eigenvalue weighted by Crippen LogP contribution is 2.23. The van der Waals surface area contributed by atoms with Gasteiger partial charge in [0.2, 0.25) is 5.91 Å². The van der Waals surface area contributed by atoms with E-state index in [1.807, 2.05) is 36.4 Å². The van der Waals surface area contributed by atoms with Gasteiger partial charge in [-0.05, 0) is 36.6 Å². The van der Waals surface area contributed by atoms with E-state index in [0.717, 1.165) is 31.5 Å². The Hall–Kier alpha value is -2.70. The molecule has 0 bridgehead atoms. The summed E-state index contributed by atoms with van der Waals surface area (Å²) in [5, 5.41) is 16.2. The maximum atomic E-state index is 12.9. The summed E-state index contributed by atoms with van der Waals surface area (Å²) >= 11 is 0. The quantitative estimate of drug-likeness (QED) is 0.733. The molecule has 2 aromatic carbocycles. The first-order valence-electron chi connectivity index (χ1n) is 9.08. The minimum Gasteiger partial charge on any atom is -0.549 e. The van der Waals surface area contributed by atoms with Gasteiger partial charge in [-0.25, -0.2) is 0 Å². The van der Waals surface area contributed by atoms with E-state index >= 15 is 0 Å². The molecule has 1 radical (unpaired) electrons. The number of para-hydroxylation sites is 1. The Bertz CT molecular complexity index is 779. The van der Waals surface area contributed by atoms with Gasteiger partial charge in [-0.2, -0.15) is 0 Å². The number of likely N-dealkylation sites (tertiary alicyclic amines) is 1. The number of rotatable bonds is 8. The molecule has 0 spiro atoms. The second-order valence-electron chi connectivity index (χ2n) is 6.59. The first-order chi connectivity index (χ1) is 13.1. The normalized spacial score (nSPS) is 17.0. The third-order valence-corrected chi connectivity index (χ3v) is 4.62. The van der Waals surface area contributed by atoms with E-state index < -0.39 is 5.97 Å². The lowest BCUT2D eigenvalue weighted by molar-refractivity contribution is -0.303. The summed E-state index contributed by atoms with van der Waals surface area (Å²) < 4.78 is 0. The fourth-order valence-corrected chi connectivity index (χ4v) is 3.33. The number of carbonyl (C=O) groups excluding carboxylic acids is 2. The van der Waals surface area contributed by atoms with Crippen molar-refractivity contribution in [1.82, 2.24) is 10.2 Å². The third-order valence-electron chi connectivity index (χ3n) is 4.62. The molecule has 1 aliphatic rings. The average molecular weight is 365 g/mol. The number of carboxylic acids is 1. The summed E-state index contributed by atoms with van der Waals surface area (Å²) in [5.41, 5.74) is 2.57. The number of nitrogens with one attached hydrogen (secondary N) is 2. The Morgan fingerprint density at radius 1 is 1.11 bits per heavy atom. The molecule has 1 aliphatic heterocycles. The van der Waals surface area contributed by atoms with Crippen LogP contribution in [0.1, 0.15) is 24.0 Å². The maximum Gasteiger partial charge on any atom is 0.241 e. The van der Waals surface area contributed by atoms with Crippen molar-refractivity contribution in [2.75, 3.05) is 18.4 Å². The molecule has 1 heterocycles. The Labute approximate surface area is 159 Å². The Kier molecular flexibility index (Phi) is 6.57. The van der Waals surface area contributed by atoms with Crippen LogP contribution in [-0.2, 0) is 16.1 Å². The molecule has 0 aliphatic carbocycles. The first kappa shape index (κ1) is 19.1. The van der Waals surface area contributed by atoms with Crippen LogP contribution in [0.3, 0.4) is 0 Å². The van der Waals surface area contributed by atoms with Crippen LogP contribution >= 0.6 is 0 Å². The van der Waals surface area contributed by atoms with E-state index in [4.69, 9.17) is 0 Å². The van der Waals surface area contributed by atoms with Gasteiger partial charge >= 0.3 is 0 Å². The Morgan fingerprint density at radius 2 is 1.85 bits per heavy atom. The van der Waals surface area contributed by atoms with E-state index in [0.29, 0.717) is 5.69 Å². The molecule has 141 valence electrons. The minimum absolute atomic E-state index is 0.0378. The summed E-state index contributed by atoms with van der Waals surface area (Å²) in [6, 6.07) is 17.3. The molecule has 1 saturated heterocycles. The first-order valence-corrected chi connectivity index (χ1v) is 9.08. The van der Waals surface area contributed by atoms with Crippen LogP contribution in [0.4, 0.5) is 5.69 Å². The molecule has 0 saturated carbocycles. The van der Waals surface area contributed by atoms with Gasteiger partial charge < -0.3 is 20.5 Å². The molecule has 2 aromatic rings. The van der Waals surface area contributed by atoms with Crippen molar-refractivity contribution in [3.05, 3.63) is 72.3 Å². The molecule has 2 N–H and O–H groups in total. The molecular formula is C21H23N3O3-. The molecule has 0 aromatic heterocycles. The van der Waals surface area contributed by atoms with E-state index in [9.17, 15) is 14.7 Å². The molecule has 0 unspecified atom stereocenters. The van der Waals surface area contributed by atoms with Crippen LogP contribution < -0.4 is 15.7 Å². The number of hydrogen-bond acceptors (Lipinski definition) is 5. The third kappa shape index (κ3) is 5.39. The highest BCUT2D eigenvalue weighted by molar-refractivity contribution is 5.95. The Balaban J connectivity index is 1.63. The van der Waals surface area contributed by atoms with Crippen LogP contribution in [-0.4, -0.2) is 35.9 Å². The topological polar surface area (TPSA) is 84.5 Å². The number of aliphatic carboxylic acids is 1. The standard InChI is InChI=1S/C21H24N3O3/c25-20(26)14-22-13-17-9-4-5-10-18(17)23-21(27)19-11-6-12-24(19)15-16-7-2-1-3-8-16/h1-5,7-10,13,19,22H,6,11-12,14-15H2,(H,23,27)(H,25,26)/p-1/t19-/m0/s1. The Morgan fingerprint density at radius 3 is 2.63 bits per heavy atom. The summed E-state index contributed by atoms with van der Waals surface area (Å²) in [6.45, 7) is 2.94. The maximum absolute atomic E-state index is 12.9. The monoisotopic (exact) mass is 365 g/mol. The van der Waals surface area contributed by atoms with Crippen LogP contribution in [0.25, 0.3) is 0 Å². The summed E-state index contributed by atoms with van der Waals surface area (Å²) in [7, 11) is 0. The smallest absolute Gasteiger partial charge is 0.241 e. The van der Waals surface area contributed by atoms with Gasteiger partial charge in [0, 0.05) is 18.8 Å². The number of anilines is 1. The van der Waals surface area contributed by atoms with Crippen molar-refractivity contribution >= 4 is 17.6 Å². The van der Waals surface area contributed by atoms with E-state index in [1.54, 1.807) is 12.6 Å². The zero-order valence-corrected chi connectivity index (χ0v) is 15.1. The molecule has 6 heteroatoms. The van der Waals surface area contributed by atoms with Crippen molar-refractivity contribution in [3.8, 4) is 0 Å². The van der Waals surface area contributed by atoms with E-state index in [-0.39, 0.29) is 18.5 Å². The molecule has 3 rings (SSSR count). The van der Waals surface area contributed by atoms with Crippen molar-refractivity contribution < 1.29 is 14.7 Å². The number of hydrogen-bond donors (Lipinski definition) is 2. The zero-order valence-electron chi connectivity index (χ0n) is 15.1. The highest BCUT2D eigenvalue weighted by atomic mass is 16.4. The SMILES string of the molecule is O=C([O-])CN[CH]c1ccccc1NC(=O)[C@@H]1CCCN1Cc1ccccc1. The second kappa shape index (κ2) is 9.30. The van der Waals surface area contributed by atoms with Crippen molar-refractivity contribution in [2.24, 2.45) is 0 Å². The summed E-state index contributed by atoms with van der Waals surface area (Å²) in [4.78, 5) is 25.6. The summed E-state index contributed by atoms with van der Waals surface area (Å²) in [6.07, 6.45) is 1.82. The lowest BCUT2D eigenvalue weighted by atomic mass is 10.1. The van der Waals surface area contributed by atoms with Gasteiger partial charge in [-0.15, -0.1) is 0 Å². The van der Waals surface area contributed by atoms with Crippen molar-refractivity contribution in [2.45, 2.75) is 25.4 Å². The van der Waals surface area contributed by atoms with Gasteiger partial charge in [0.15, 0.2) is 0 Å². The second-order valence-corrected chi connectivity index (χ2v) is 6.59. The van der Waals surface area contributed by atoms with E-state index in [2.05, 4.69) is 27.7 Å². The average Bonchev–Trinajstić information content (AvgIpc) is 3.12. The van der Waals surface area contributed by atoms with Crippen molar-refractivity contribution in [1.29, 1.82) is 0 Å². The lowest BCUT2D eigenvalue weighted by Gasteiger charge is -2.24. The number of amides is 1. The van der Waals surface area contributed by atoms with Crippen LogP contribution in [0.5, 0.6) is 0 Å². The molecular weight excluding hydrogens is 342 g/mol. The number of carboxylic acid groups (broad SMARTS) is 1. The van der Waals surface area contributed by atoms with Crippen LogP contribution in [0.2, 0.25) is 0 Å².